The maximum Gasteiger partial charge on any atom is 0.119 e. The van der Waals surface area contributed by atoms with Crippen LogP contribution in [0.25, 0.3) is 0 Å². The number of hydrogen-bond donors (Lipinski definition) is 1. The number of nitrogens with zero attached hydrogens (tertiary/aromatic N) is 1. The lowest BCUT2D eigenvalue weighted by molar-refractivity contribution is 0.176. The maximum absolute atomic E-state index is 5.23. The molecule has 1 aromatic carbocycles. The van der Waals surface area contributed by atoms with Gasteiger partial charge in [0.2, 0.25) is 0 Å². The summed E-state index contributed by atoms with van der Waals surface area (Å²) < 4.78 is 5.23. The minimum atomic E-state index is 0.596. The topological polar surface area (TPSA) is 24.5 Å². The molecule has 0 saturated carbocycles. The quantitative estimate of drug-likeness (QED) is 0.731. The fourth-order valence-corrected chi connectivity index (χ4v) is 2.34. The van der Waals surface area contributed by atoms with Gasteiger partial charge in [0.25, 0.3) is 0 Å². The van der Waals surface area contributed by atoms with Crippen LogP contribution in [0, 0.1) is 0 Å². The highest BCUT2D eigenvalue weighted by molar-refractivity contribution is 5.28. The molecule has 3 nitrogen and oxygen atoms in total. The van der Waals surface area contributed by atoms with Gasteiger partial charge in [-0.1, -0.05) is 12.1 Å². The van der Waals surface area contributed by atoms with Crippen LogP contribution in [0.3, 0.4) is 0 Å². The Morgan fingerprint density at radius 1 is 1.16 bits per heavy atom. The minimum Gasteiger partial charge on any atom is -0.497 e. The lowest BCUT2D eigenvalue weighted by Crippen LogP contribution is -2.41. The van der Waals surface area contributed by atoms with Crippen molar-refractivity contribution in [1.82, 2.24) is 10.2 Å². The summed E-state index contributed by atoms with van der Waals surface area (Å²) in [6.07, 6.45) is 0. The third-order valence-corrected chi connectivity index (χ3v) is 3.34. The van der Waals surface area contributed by atoms with Crippen LogP contribution >= 0.6 is 0 Å². The van der Waals surface area contributed by atoms with Crippen LogP contribution in [-0.4, -0.2) is 37.2 Å². The Bertz CT molecular complexity index is 356. The van der Waals surface area contributed by atoms with Crippen LogP contribution in [-0.2, 0) is 6.54 Å². The standard InChI is InChI=1S/C16H28N2O/c1-13(2)18(14(3)4)10-9-17-12-15-7-6-8-16(11-15)19-5/h6-8,11,13-14,17H,9-10,12H2,1-5H3. The predicted octanol–water partition coefficient (Wildman–Crippen LogP) is 2.90. The summed E-state index contributed by atoms with van der Waals surface area (Å²) in [5, 5.41) is 3.50. The Hall–Kier alpha value is -1.06. The Morgan fingerprint density at radius 2 is 1.84 bits per heavy atom. The number of methoxy groups -OCH3 is 1. The van der Waals surface area contributed by atoms with E-state index >= 15 is 0 Å². The number of hydrogen-bond acceptors (Lipinski definition) is 3. The molecule has 0 amide bonds. The van der Waals surface area contributed by atoms with Crippen LogP contribution in [0.15, 0.2) is 24.3 Å². The molecule has 108 valence electrons. The second-order valence-corrected chi connectivity index (χ2v) is 5.45. The third kappa shape index (κ3) is 5.62. The molecule has 1 rings (SSSR count). The van der Waals surface area contributed by atoms with E-state index < -0.39 is 0 Å². The first-order valence-corrected chi connectivity index (χ1v) is 7.14. The number of ether oxygens (including phenoxy) is 1. The normalized spacial score (nSPS) is 11.6. The van der Waals surface area contributed by atoms with Gasteiger partial charge in [0, 0.05) is 31.7 Å². The van der Waals surface area contributed by atoms with Crippen molar-refractivity contribution < 1.29 is 4.74 Å². The molecule has 3 heteroatoms. The molecule has 0 radical (unpaired) electrons. The summed E-state index contributed by atoms with van der Waals surface area (Å²) in [4.78, 5) is 2.50. The Morgan fingerprint density at radius 3 is 2.42 bits per heavy atom. The molecule has 0 aromatic heterocycles. The molecule has 1 N–H and O–H groups in total. The number of rotatable bonds is 8. The van der Waals surface area contributed by atoms with E-state index in [9.17, 15) is 0 Å². The summed E-state index contributed by atoms with van der Waals surface area (Å²) in [5.41, 5.74) is 1.26. The van der Waals surface area contributed by atoms with Crippen molar-refractivity contribution in [3.63, 3.8) is 0 Å². The van der Waals surface area contributed by atoms with Gasteiger partial charge in [0.1, 0.15) is 5.75 Å². The van der Waals surface area contributed by atoms with E-state index in [4.69, 9.17) is 4.74 Å². The smallest absolute Gasteiger partial charge is 0.119 e. The number of nitrogens with one attached hydrogen (secondary N) is 1. The molecule has 0 unspecified atom stereocenters. The Kier molecular flexibility index (Phi) is 6.89. The molecule has 0 spiro atoms. The second kappa shape index (κ2) is 8.18. The summed E-state index contributed by atoms with van der Waals surface area (Å²) in [6, 6.07) is 9.40. The highest BCUT2D eigenvalue weighted by atomic mass is 16.5. The van der Waals surface area contributed by atoms with Crippen LogP contribution in [0.2, 0.25) is 0 Å². The van der Waals surface area contributed by atoms with Gasteiger partial charge in [0.15, 0.2) is 0 Å². The number of benzene rings is 1. The zero-order valence-corrected chi connectivity index (χ0v) is 12.9. The van der Waals surface area contributed by atoms with Gasteiger partial charge >= 0.3 is 0 Å². The van der Waals surface area contributed by atoms with E-state index in [0.29, 0.717) is 12.1 Å². The summed E-state index contributed by atoms with van der Waals surface area (Å²) in [5.74, 6) is 0.922. The zero-order valence-electron chi connectivity index (χ0n) is 12.9. The highest BCUT2D eigenvalue weighted by Crippen LogP contribution is 2.12. The highest BCUT2D eigenvalue weighted by Gasteiger charge is 2.11. The van der Waals surface area contributed by atoms with Crippen molar-refractivity contribution in [3.8, 4) is 5.75 Å². The average Bonchev–Trinajstić information content (AvgIpc) is 2.37. The largest absolute Gasteiger partial charge is 0.497 e. The van der Waals surface area contributed by atoms with E-state index in [2.05, 4.69) is 50.0 Å². The van der Waals surface area contributed by atoms with Crippen LogP contribution in [0.4, 0.5) is 0 Å². The van der Waals surface area contributed by atoms with Gasteiger partial charge in [0.05, 0.1) is 7.11 Å². The molecular weight excluding hydrogens is 236 g/mol. The van der Waals surface area contributed by atoms with E-state index in [1.807, 2.05) is 12.1 Å². The molecular formula is C16H28N2O. The lowest BCUT2D eigenvalue weighted by Gasteiger charge is -2.30. The van der Waals surface area contributed by atoms with Crippen molar-refractivity contribution in [2.75, 3.05) is 20.2 Å². The molecule has 0 aliphatic carbocycles. The first-order valence-electron chi connectivity index (χ1n) is 7.14. The summed E-state index contributed by atoms with van der Waals surface area (Å²) in [6.45, 7) is 12.0. The predicted molar refractivity (Wildman–Crippen MR) is 81.7 cm³/mol. The fourth-order valence-electron chi connectivity index (χ4n) is 2.34. The molecule has 0 heterocycles. The van der Waals surface area contributed by atoms with Gasteiger partial charge in [-0.3, -0.25) is 4.90 Å². The Labute approximate surface area is 118 Å². The van der Waals surface area contributed by atoms with E-state index in [1.54, 1.807) is 7.11 Å². The van der Waals surface area contributed by atoms with Crippen molar-refractivity contribution >= 4 is 0 Å². The molecule has 0 atom stereocenters. The average molecular weight is 264 g/mol. The fraction of sp³-hybridized carbons (Fsp3) is 0.625. The van der Waals surface area contributed by atoms with Gasteiger partial charge in [-0.05, 0) is 45.4 Å². The monoisotopic (exact) mass is 264 g/mol. The second-order valence-electron chi connectivity index (χ2n) is 5.45. The van der Waals surface area contributed by atoms with Crippen molar-refractivity contribution in [2.45, 2.75) is 46.3 Å². The van der Waals surface area contributed by atoms with Crippen LogP contribution in [0.1, 0.15) is 33.3 Å². The van der Waals surface area contributed by atoms with Gasteiger partial charge < -0.3 is 10.1 Å². The van der Waals surface area contributed by atoms with E-state index in [0.717, 1.165) is 25.4 Å². The SMILES string of the molecule is COc1cccc(CNCCN(C(C)C)C(C)C)c1. The van der Waals surface area contributed by atoms with Crippen molar-refractivity contribution in [3.05, 3.63) is 29.8 Å². The molecule has 0 aliphatic heterocycles. The maximum atomic E-state index is 5.23. The van der Waals surface area contributed by atoms with Gasteiger partial charge in [-0.2, -0.15) is 0 Å². The van der Waals surface area contributed by atoms with E-state index in [1.165, 1.54) is 5.56 Å². The van der Waals surface area contributed by atoms with Crippen LogP contribution in [0.5, 0.6) is 5.75 Å². The van der Waals surface area contributed by atoms with Crippen molar-refractivity contribution in [2.24, 2.45) is 0 Å². The molecule has 0 aliphatic rings. The van der Waals surface area contributed by atoms with Gasteiger partial charge in [-0.25, -0.2) is 0 Å². The molecule has 1 aromatic rings. The van der Waals surface area contributed by atoms with Gasteiger partial charge in [-0.15, -0.1) is 0 Å². The Balaban J connectivity index is 2.33. The summed E-state index contributed by atoms with van der Waals surface area (Å²) >= 11 is 0. The van der Waals surface area contributed by atoms with Crippen LogP contribution < -0.4 is 10.1 Å². The lowest BCUT2D eigenvalue weighted by atomic mass is 10.2. The first-order chi connectivity index (χ1) is 9.04. The minimum absolute atomic E-state index is 0.596. The van der Waals surface area contributed by atoms with Crippen molar-refractivity contribution in [1.29, 1.82) is 0 Å². The molecule has 0 saturated heterocycles. The zero-order chi connectivity index (χ0) is 14.3. The third-order valence-electron chi connectivity index (χ3n) is 3.34. The molecule has 0 bridgehead atoms. The van der Waals surface area contributed by atoms with E-state index in [-0.39, 0.29) is 0 Å². The first kappa shape index (κ1) is 16.0. The molecule has 0 fully saturated rings. The summed E-state index contributed by atoms with van der Waals surface area (Å²) in [7, 11) is 1.70. The molecule has 19 heavy (non-hydrogen) atoms.